The summed E-state index contributed by atoms with van der Waals surface area (Å²) in [4.78, 5) is 46.6. The molecular weight excluding hydrogens is 308 g/mol. The van der Waals surface area contributed by atoms with Gasteiger partial charge in [0.05, 0.1) is 11.3 Å². The van der Waals surface area contributed by atoms with Crippen molar-refractivity contribution in [2.45, 2.75) is 32.8 Å². The molecule has 7 nitrogen and oxygen atoms in total. The van der Waals surface area contributed by atoms with Gasteiger partial charge in [-0.3, -0.25) is 19.7 Å². The van der Waals surface area contributed by atoms with Gasteiger partial charge in [0.2, 0.25) is 0 Å². The van der Waals surface area contributed by atoms with E-state index in [1.165, 1.54) is 18.3 Å². The van der Waals surface area contributed by atoms with Gasteiger partial charge in [0.1, 0.15) is 0 Å². The number of nitrogens with one attached hydrogen (secondary N) is 2. The number of hydrogen-bond acceptors (Lipinski definition) is 6. The highest BCUT2D eigenvalue weighted by Gasteiger charge is 2.20. The van der Waals surface area contributed by atoms with E-state index in [1.807, 2.05) is 5.32 Å². The Kier molecular flexibility index (Phi) is 7.24. The molecule has 1 aromatic rings. The quantitative estimate of drug-likeness (QED) is 0.584. The molecule has 0 spiro atoms. The summed E-state index contributed by atoms with van der Waals surface area (Å²) < 4.78 is 4.88. The van der Waals surface area contributed by atoms with Crippen LogP contribution in [0, 0.1) is 0 Å². The number of hydrogen-bond donors (Lipinski definition) is 2. The molecule has 0 unspecified atom stereocenters. The fourth-order valence-corrected chi connectivity index (χ4v) is 2.20. The van der Waals surface area contributed by atoms with Gasteiger partial charge in [0.15, 0.2) is 11.9 Å². The first-order chi connectivity index (χ1) is 10.4. The van der Waals surface area contributed by atoms with Crippen molar-refractivity contribution >= 4 is 35.0 Å². The standard InChI is InChI=1S/C14H18N2O5S/c1-3-15-14(20)16-13(19)9(2)21-12(18)7-6-10(17)11-5-4-8-22-11/h4-5,8-9H,3,6-7H2,1-2H3,(H2,15,16,19,20)/t9-/m1/s1. The van der Waals surface area contributed by atoms with Gasteiger partial charge < -0.3 is 10.1 Å². The van der Waals surface area contributed by atoms with Gasteiger partial charge in [-0.1, -0.05) is 6.07 Å². The third kappa shape index (κ3) is 6.04. The molecule has 0 aliphatic heterocycles. The lowest BCUT2D eigenvalue weighted by Crippen LogP contribution is -2.44. The summed E-state index contributed by atoms with van der Waals surface area (Å²) in [5.41, 5.74) is 0. The van der Waals surface area contributed by atoms with Crippen molar-refractivity contribution in [2.75, 3.05) is 6.54 Å². The summed E-state index contributed by atoms with van der Waals surface area (Å²) >= 11 is 1.30. The van der Waals surface area contributed by atoms with Crippen molar-refractivity contribution in [3.05, 3.63) is 22.4 Å². The molecule has 0 saturated heterocycles. The number of ether oxygens (including phenoxy) is 1. The summed E-state index contributed by atoms with van der Waals surface area (Å²) in [6.45, 7) is 3.43. The SMILES string of the molecule is CCNC(=O)NC(=O)[C@@H](C)OC(=O)CCC(=O)c1cccs1. The number of urea groups is 1. The molecule has 3 amide bonds. The third-order valence-corrected chi connectivity index (χ3v) is 3.51. The molecular formula is C14H18N2O5S. The van der Waals surface area contributed by atoms with Gasteiger partial charge in [0.25, 0.3) is 5.91 Å². The Morgan fingerprint density at radius 3 is 2.59 bits per heavy atom. The van der Waals surface area contributed by atoms with Crippen LogP contribution in [0.15, 0.2) is 17.5 Å². The minimum absolute atomic E-state index is 0.0179. The molecule has 2 N–H and O–H groups in total. The van der Waals surface area contributed by atoms with Crippen molar-refractivity contribution in [2.24, 2.45) is 0 Å². The topological polar surface area (TPSA) is 102 Å². The maximum Gasteiger partial charge on any atom is 0.321 e. The fourth-order valence-electron chi connectivity index (χ4n) is 1.50. The summed E-state index contributed by atoms with van der Waals surface area (Å²) in [5.74, 6) is -1.53. The van der Waals surface area contributed by atoms with E-state index >= 15 is 0 Å². The maximum absolute atomic E-state index is 11.7. The lowest BCUT2D eigenvalue weighted by Gasteiger charge is -2.12. The Balaban J connectivity index is 2.33. The minimum atomic E-state index is -1.10. The second-order valence-corrected chi connectivity index (χ2v) is 5.33. The first-order valence-corrected chi connectivity index (χ1v) is 7.66. The number of amides is 3. The fraction of sp³-hybridized carbons (Fsp3) is 0.429. The number of rotatable bonds is 7. The van der Waals surface area contributed by atoms with Crippen LogP contribution in [0.2, 0.25) is 0 Å². The zero-order valence-corrected chi connectivity index (χ0v) is 13.2. The van der Waals surface area contributed by atoms with Gasteiger partial charge in [-0.15, -0.1) is 11.3 Å². The van der Waals surface area contributed by atoms with Gasteiger partial charge in [-0.05, 0) is 25.3 Å². The molecule has 1 atom stereocenters. The van der Waals surface area contributed by atoms with Crippen LogP contribution in [0.5, 0.6) is 0 Å². The predicted molar refractivity (Wildman–Crippen MR) is 80.7 cm³/mol. The van der Waals surface area contributed by atoms with Gasteiger partial charge in [-0.2, -0.15) is 0 Å². The lowest BCUT2D eigenvalue weighted by atomic mass is 10.2. The smallest absolute Gasteiger partial charge is 0.321 e. The number of carbonyl (C=O) groups excluding carboxylic acids is 4. The molecule has 0 aliphatic carbocycles. The van der Waals surface area contributed by atoms with Crippen LogP contribution in [0.1, 0.15) is 36.4 Å². The number of Topliss-reactive ketones (excluding diaryl/α,β-unsaturated/α-hetero) is 1. The first kappa shape index (κ1) is 17.8. The van der Waals surface area contributed by atoms with Crippen molar-refractivity contribution < 1.29 is 23.9 Å². The number of esters is 1. The van der Waals surface area contributed by atoms with E-state index in [2.05, 4.69) is 5.32 Å². The van der Waals surface area contributed by atoms with Crippen molar-refractivity contribution in [1.82, 2.24) is 10.6 Å². The van der Waals surface area contributed by atoms with E-state index in [4.69, 9.17) is 4.74 Å². The van der Waals surface area contributed by atoms with E-state index in [0.717, 1.165) is 0 Å². The third-order valence-electron chi connectivity index (χ3n) is 2.60. The van der Waals surface area contributed by atoms with Crippen molar-refractivity contribution in [3.63, 3.8) is 0 Å². The number of ketones is 1. The minimum Gasteiger partial charge on any atom is -0.453 e. The highest BCUT2D eigenvalue weighted by Crippen LogP contribution is 2.12. The Labute approximate surface area is 132 Å². The van der Waals surface area contributed by atoms with Crippen LogP contribution in [0.25, 0.3) is 0 Å². The normalized spacial score (nSPS) is 11.4. The van der Waals surface area contributed by atoms with Gasteiger partial charge in [-0.25, -0.2) is 4.79 Å². The molecule has 1 heterocycles. The van der Waals surface area contributed by atoms with E-state index in [9.17, 15) is 19.2 Å². The lowest BCUT2D eigenvalue weighted by molar-refractivity contribution is -0.154. The highest BCUT2D eigenvalue weighted by molar-refractivity contribution is 7.12. The molecule has 0 aromatic carbocycles. The van der Waals surface area contributed by atoms with Crippen LogP contribution in [0.3, 0.4) is 0 Å². The number of carbonyl (C=O) groups is 4. The van der Waals surface area contributed by atoms with Crippen LogP contribution in [0.4, 0.5) is 4.79 Å². The number of thiophene rings is 1. The van der Waals surface area contributed by atoms with Crippen molar-refractivity contribution in [1.29, 1.82) is 0 Å². The van der Waals surface area contributed by atoms with Gasteiger partial charge >= 0.3 is 12.0 Å². The van der Waals surface area contributed by atoms with Gasteiger partial charge in [0, 0.05) is 13.0 Å². The number of imide groups is 1. The zero-order chi connectivity index (χ0) is 16.5. The van der Waals surface area contributed by atoms with E-state index in [1.54, 1.807) is 24.4 Å². The summed E-state index contributed by atoms with van der Waals surface area (Å²) in [5, 5.41) is 6.20. The monoisotopic (exact) mass is 326 g/mol. The van der Waals surface area contributed by atoms with E-state index < -0.39 is 24.0 Å². The molecule has 22 heavy (non-hydrogen) atoms. The molecule has 0 aliphatic rings. The predicted octanol–water partition coefficient (Wildman–Crippen LogP) is 1.49. The molecule has 1 aromatic heterocycles. The highest BCUT2D eigenvalue weighted by atomic mass is 32.1. The Morgan fingerprint density at radius 1 is 1.27 bits per heavy atom. The Bertz CT molecular complexity index is 541. The average molecular weight is 326 g/mol. The Hall–Kier alpha value is -2.22. The second kappa shape index (κ2) is 8.93. The van der Waals surface area contributed by atoms with Crippen molar-refractivity contribution in [3.8, 4) is 0 Å². The molecule has 120 valence electrons. The summed E-state index contributed by atoms with van der Waals surface area (Å²) in [6.07, 6.45) is -1.20. The summed E-state index contributed by atoms with van der Waals surface area (Å²) in [7, 11) is 0. The summed E-state index contributed by atoms with van der Waals surface area (Å²) in [6, 6.07) is 2.79. The van der Waals surface area contributed by atoms with Crippen LogP contribution < -0.4 is 10.6 Å². The zero-order valence-electron chi connectivity index (χ0n) is 12.4. The Morgan fingerprint density at radius 2 is 2.00 bits per heavy atom. The van der Waals surface area contributed by atoms with Crippen LogP contribution >= 0.6 is 11.3 Å². The van der Waals surface area contributed by atoms with E-state index in [-0.39, 0.29) is 18.6 Å². The molecule has 0 radical (unpaired) electrons. The molecule has 8 heteroatoms. The van der Waals surface area contributed by atoms with E-state index in [0.29, 0.717) is 11.4 Å². The second-order valence-electron chi connectivity index (χ2n) is 4.38. The molecule has 0 bridgehead atoms. The first-order valence-electron chi connectivity index (χ1n) is 6.79. The average Bonchev–Trinajstić information content (AvgIpc) is 2.99. The molecule has 0 saturated carbocycles. The molecule has 1 rings (SSSR count). The van der Waals surface area contributed by atoms with Crippen LogP contribution in [-0.4, -0.2) is 36.3 Å². The molecule has 0 fully saturated rings. The largest absolute Gasteiger partial charge is 0.453 e. The maximum atomic E-state index is 11.7. The van der Waals surface area contributed by atoms with Crippen LogP contribution in [-0.2, 0) is 14.3 Å².